The number of aromatic nitrogens is 1. The van der Waals surface area contributed by atoms with Gasteiger partial charge in [-0.15, -0.1) is 11.8 Å². The van der Waals surface area contributed by atoms with Crippen molar-refractivity contribution in [3.63, 3.8) is 0 Å². The Balaban J connectivity index is 1.69. The molecule has 1 aromatic carbocycles. The molecular weight excluding hydrogens is 310 g/mol. The smallest absolute Gasteiger partial charge is 0.309 e. The van der Waals surface area contributed by atoms with Crippen molar-refractivity contribution in [1.29, 1.82) is 0 Å². The van der Waals surface area contributed by atoms with Crippen molar-refractivity contribution in [3.8, 4) is 5.75 Å². The van der Waals surface area contributed by atoms with Gasteiger partial charge in [0.2, 0.25) is 0 Å². The van der Waals surface area contributed by atoms with Crippen LogP contribution in [-0.2, 0) is 16.0 Å². The third-order valence-electron chi connectivity index (χ3n) is 3.33. The molecule has 2 aromatic rings. The Kier molecular flexibility index (Phi) is 6.94. The number of thioether (sulfide) groups is 1. The van der Waals surface area contributed by atoms with E-state index in [-0.39, 0.29) is 11.9 Å². The number of esters is 1. The quantitative estimate of drug-likeness (QED) is 0.420. The Labute approximate surface area is 141 Å². The van der Waals surface area contributed by atoms with Crippen molar-refractivity contribution < 1.29 is 14.3 Å². The van der Waals surface area contributed by atoms with Crippen LogP contribution in [0.15, 0.2) is 53.7 Å². The molecule has 4 nitrogen and oxygen atoms in total. The normalized spacial score (nSPS) is 11.7. The summed E-state index contributed by atoms with van der Waals surface area (Å²) in [5.74, 6) is 1.24. The molecule has 122 valence electrons. The van der Waals surface area contributed by atoms with E-state index < -0.39 is 0 Å². The maximum Gasteiger partial charge on any atom is 0.309 e. The average molecular weight is 331 g/mol. The van der Waals surface area contributed by atoms with E-state index in [2.05, 4.69) is 4.98 Å². The monoisotopic (exact) mass is 331 g/mol. The van der Waals surface area contributed by atoms with Crippen LogP contribution in [0.25, 0.3) is 0 Å². The summed E-state index contributed by atoms with van der Waals surface area (Å²) in [6.07, 6.45) is 4.14. The number of pyridine rings is 1. The fraction of sp³-hybridized carbons (Fsp3) is 0.333. The van der Waals surface area contributed by atoms with Crippen LogP contribution in [-0.4, -0.2) is 30.4 Å². The summed E-state index contributed by atoms with van der Waals surface area (Å²) in [4.78, 5) is 17.1. The van der Waals surface area contributed by atoms with Gasteiger partial charge in [0.05, 0.1) is 13.0 Å². The first kappa shape index (κ1) is 17.3. The summed E-state index contributed by atoms with van der Waals surface area (Å²) >= 11 is 1.64. The van der Waals surface area contributed by atoms with Gasteiger partial charge in [0, 0.05) is 23.0 Å². The van der Waals surface area contributed by atoms with E-state index >= 15 is 0 Å². The van der Waals surface area contributed by atoms with Crippen LogP contribution >= 0.6 is 11.8 Å². The van der Waals surface area contributed by atoms with E-state index in [1.807, 2.05) is 43.3 Å². The number of ether oxygens (including phenoxy) is 2. The van der Waals surface area contributed by atoms with Gasteiger partial charge >= 0.3 is 5.97 Å². The van der Waals surface area contributed by atoms with Crippen LogP contribution in [0.2, 0.25) is 0 Å². The molecule has 1 atom stereocenters. The van der Waals surface area contributed by atoms with Crippen LogP contribution in [0.4, 0.5) is 0 Å². The Bertz CT molecular complexity index is 619. The lowest BCUT2D eigenvalue weighted by atomic mass is 10.0. The van der Waals surface area contributed by atoms with Gasteiger partial charge in [-0.05, 0) is 42.3 Å². The lowest BCUT2D eigenvalue weighted by Gasteiger charge is -2.11. The number of rotatable bonds is 8. The highest BCUT2D eigenvalue weighted by Gasteiger charge is 2.14. The summed E-state index contributed by atoms with van der Waals surface area (Å²) in [7, 11) is 1.65. The predicted octanol–water partition coefficient (Wildman–Crippen LogP) is 3.60. The molecule has 1 heterocycles. The summed E-state index contributed by atoms with van der Waals surface area (Å²) in [5.41, 5.74) is 1.09. The Morgan fingerprint density at radius 2 is 2.04 bits per heavy atom. The molecule has 0 bridgehead atoms. The molecule has 5 heteroatoms. The predicted molar refractivity (Wildman–Crippen MR) is 91.8 cm³/mol. The minimum absolute atomic E-state index is 0.154. The molecule has 0 fully saturated rings. The van der Waals surface area contributed by atoms with Crippen molar-refractivity contribution in [3.05, 3.63) is 54.4 Å². The molecule has 1 aromatic heterocycles. The van der Waals surface area contributed by atoms with Crippen molar-refractivity contribution in [1.82, 2.24) is 4.98 Å². The number of methoxy groups -OCH3 is 1. The lowest BCUT2D eigenvalue weighted by Crippen LogP contribution is -2.18. The Morgan fingerprint density at radius 3 is 2.78 bits per heavy atom. The van der Waals surface area contributed by atoms with Gasteiger partial charge in [-0.2, -0.15) is 0 Å². The largest absolute Gasteiger partial charge is 0.497 e. The maximum absolute atomic E-state index is 12.0. The Morgan fingerprint density at radius 1 is 1.26 bits per heavy atom. The van der Waals surface area contributed by atoms with Gasteiger partial charge in [-0.3, -0.25) is 9.78 Å². The fourth-order valence-electron chi connectivity index (χ4n) is 2.09. The van der Waals surface area contributed by atoms with Gasteiger partial charge in [-0.1, -0.05) is 13.0 Å². The average Bonchev–Trinajstić information content (AvgIpc) is 2.59. The molecule has 23 heavy (non-hydrogen) atoms. The number of nitrogens with zero attached hydrogens (tertiary/aromatic N) is 1. The highest BCUT2D eigenvalue weighted by Crippen LogP contribution is 2.22. The number of carbonyl (C=O) groups excluding carboxylic acids is 1. The molecule has 0 aliphatic carbocycles. The van der Waals surface area contributed by atoms with Gasteiger partial charge in [0.15, 0.2) is 0 Å². The minimum atomic E-state index is -0.159. The van der Waals surface area contributed by atoms with Crippen LogP contribution < -0.4 is 4.74 Å². The van der Waals surface area contributed by atoms with Crippen molar-refractivity contribution in [2.75, 3.05) is 19.5 Å². The van der Waals surface area contributed by atoms with Crippen LogP contribution in [0.5, 0.6) is 5.75 Å². The van der Waals surface area contributed by atoms with Crippen molar-refractivity contribution >= 4 is 17.7 Å². The molecule has 1 unspecified atom stereocenters. The highest BCUT2D eigenvalue weighted by atomic mass is 32.2. The molecule has 0 radical (unpaired) electrons. The van der Waals surface area contributed by atoms with Gasteiger partial charge < -0.3 is 9.47 Å². The number of benzene rings is 1. The molecule has 0 aliphatic rings. The number of hydrogen-bond donors (Lipinski definition) is 0. The first-order valence-electron chi connectivity index (χ1n) is 7.51. The van der Waals surface area contributed by atoms with E-state index in [1.54, 1.807) is 31.3 Å². The second-order valence-electron chi connectivity index (χ2n) is 5.16. The van der Waals surface area contributed by atoms with E-state index in [9.17, 15) is 4.79 Å². The SMILES string of the molecule is COc1cccc(SCCOC(=O)C(C)Cc2ccncc2)c1. The third kappa shape index (κ3) is 5.94. The number of hydrogen-bond acceptors (Lipinski definition) is 5. The number of carbonyl (C=O) groups is 1. The van der Waals surface area contributed by atoms with Gasteiger partial charge in [0.25, 0.3) is 0 Å². The summed E-state index contributed by atoms with van der Waals surface area (Å²) in [6, 6.07) is 11.7. The van der Waals surface area contributed by atoms with Crippen molar-refractivity contribution in [2.24, 2.45) is 5.92 Å². The topological polar surface area (TPSA) is 48.4 Å². The zero-order valence-electron chi connectivity index (χ0n) is 13.4. The highest BCUT2D eigenvalue weighted by molar-refractivity contribution is 7.99. The Hall–Kier alpha value is -2.01. The molecule has 0 saturated carbocycles. The van der Waals surface area contributed by atoms with Crippen molar-refractivity contribution in [2.45, 2.75) is 18.2 Å². The first-order valence-corrected chi connectivity index (χ1v) is 8.50. The molecule has 0 aliphatic heterocycles. The molecular formula is C18H21NO3S. The van der Waals surface area contributed by atoms with E-state index in [1.165, 1.54) is 0 Å². The van der Waals surface area contributed by atoms with E-state index in [0.29, 0.717) is 13.0 Å². The van der Waals surface area contributed by atoms with Gasteiger partial charge in [-0.25, -0.2) is 0 Å². The third-order valence-corrected chi connectivity index (χ3v) is 4.29. The summed E-state index contributed by atoms with van der Waals surface area (Å²) < 4.78 is 10.5. The maximum atomic E-state index is 12.0. The summed E-state index contributed by atoms with van der Waals surface area (Å²) in [6.45, 7) is 2.29. The van der Waals surface area contributed by atoms with E-state index in [0.717, 1.165) is 22.0 Å². The second kappa shape index (κ2) is 9.20. The van der Waals surface area contributed by atoms with Crippen LogP contribution in [0.1, 0.15) is 12.5 Å². The van der Waals surface area contributed by atoms with E-state index in [4.69, 9.17) is 9.47 Å². The zero-order chi connectivity index (χ0) is 16.5. The molecule has 0 saturated heterocycles. The molecule has 0 amide bonds. The second-order valence-corrected chi connectivity index (χ2v) is 6.32. The molecule has 2 rings (SSSR count). The summed E-state index contributed by atoms with van der Waals surface area (Å²) in [5, 5.41) is 0. The van der Waals surface area contributed by atoms with Crippen LogP contribution in [0.3, 0.4) is 0 Å². The lowest BCUT2D eigenvalue weighted by molar-refractivity contribution is -0.147. The molecule has 0 spiro atoms. The van der Waals surface area contributed by atoms with Gasteiger partial charge in [0.1, 0.15) is 12.4 Å². The standard InChI is InChI=1S/C18H21NO3S/c1-14(12-15-6-8-19-9-7-15)18(20)22-10-11-23-17-5-3-4-16(13-17)21-2/h3-9,13-14H,10-12H2,1-2H3. The molecule has 0 N–H and O–H groups in total. The van der Waals surface area contributed by atoms with Crippen LogP contribution in [0, 0.1) is 5.92 Å². The minimum Gasteiger partial charge on any atom is -0.497 e. The first-order chi connectivity index (χ1) is 11.2. The fourth-order valence-corrected chi connectivity index (χ4v) is 2.87. The zero-order valence-corrected chi connectivity index (χ0v) is 14.2.